The predicted molar refractivity (Wildman–Crippen MR) is 53.0 cm³/mol. The third-order valence-corrected chi connectivity index (χ3v) is 3.09. The lowest BCUT2D eigenvalue weighted by atomic mass is 9.95. The average Bonchev–Trinajstić information content (AvgIpc) is 2.43. The van der Waals surface area contributed by atoms with Gasteiger partial charge in [0.25, 0.3) is 0 Å². The first kappa shape index (κ1) is 11.5. The Hall–Kier alpha value is -0.610. The number of carbonyl (C=O) groups is 1. The zero-order valence-corrected chi connectivity index (χ0v) is 9.37. The Morgan fingerprint density at radius 2 is 2.21 bits per heavy atom. The molecule has 0 N–H and O–H groups in total. The van der Waals surface area contributed by atoms with E-state index in [0.717, 1.165) is 13.0 Å². The first-order chi connectivity index (χ1) is 6.53. The van der Waals surface area contributed by atoms with E-state index >= 15 is 0 Å². The monoisotopic (exact) mass is 201 g/mol. The molecule has 4 heteroatoms. The summed E-state index contributed by atoms with van der Waals surface area (Å²) in [4.78, 5) is 13.5. The van der Waals surface area contributed by atoms with Gasteiger partial charge < -0.3 is 9.47 Å². The molecule has 0 spiro atoms. The number of hydrogen-bond donors (Lipinski definition) is 0. The highest BCUT2D eigenvalue weighted by Gasteiger charge is 2.43. The second kappa shape index (κ2) is 4.28. The maximum Gasteiger partial charge on any atom is 0.310 e. The van der Waals surface area contributed by atoms with Gasteiger partial charge in [0.2, 0.25) is 0 Å². The van der Waals surface area contributed by atoms with Crippen molar-refractivity contribution in [3.8, 4) is 0 Å². The van der Waals surface area contributed by atoms with Crippen molar-refractivity contribution in [3.05, 3.63) is 0 Å². The summed E-state index contributed by atoms with van der Waals surface area (Å²) in [6.07, 6.45) is 0.810. The first-order valence-corrected chi connectivity index (χ1v) is 4.81. The third-order valence-electron chi connectivity index (χ3n) is 3.09. The molecule has 0 aromatic carbocycles. The topological polar surface area (TPSA) is 38.8 Å². The van der Waals surface area contributed by atoms with Gasteiger partial charge in [-0.25, -0.2) is 0 Å². The molecule has 0 unspecified atom stereocenters. The molecule has 0 aromatic rings. The molecule has 0 aromatic heterocycles. The summed E-state index contributed by atoms with van der Waals surface area (Å²) in [5.41, 5.74) is -0.0341. The van der Waals surface area contributed by atoms with Gasteiger partial charge in [0, 0.05) is 19.2 Å². The molecular formula is C10H19NO3. The minimum atomic E-state index is -0.114. The number of hydrogen-bond acceptors (Lipinski definition) is 4. The van der Waals surface area contributed by atoms with Gasteiger partial charge in [-0.05, 0) is 20.4 Å². The summed E-state index contributed by atoms with van der Waals surface area (Å²) in [5.74, 6) is -0.123. The Labute approximate surface area is 85.2 Å². The Balaban J connectivity index is 2.63. The molecule has 1 aliphatic rings. The number of esters is 1. The number of methoxy groups -OCH3 is 2. The third kappa shape index (κ3) is 2.07. The average molecular weight is 201 g/mol. The molecule has 0 bridgehead atoms. The van der Waals surface area contributed by atoms with Gasteiger partial charge in [0.15, 0.2) is 0 Å². The fraction of sp³-hybridized carbons (Fsp3) is 0.900. The number of likely N-dealkylation sites (N-methyl/N-ethyl adjacent to an activating group) is 1. The number of likely N-dealkylation sites (tertiary alicyclic amines) is 1. The van der Waals surface area contributed by atoms with E-state index in [1.54, 1.807) is 7.11 Å². The van der Waals surface area contributed by atoms with Crippen LogP contribution in [0.4, 0.5) is 0 Å². The van der Waals surface area contributed by atoms with Crippen LogP contribution in [0.25, 0.3) is 0 Å². The van der Waals surface area contributed by atoms with E-state index in [1.165, 1.54) is 7.11 Å². The zero-order chi connectivity index (χ0) is 10.8. The fourth-order valence-corrected chi connectivity index (χ4v) is 2.11. The minimum Gasteiger partial charge on any atom is -0.469 e. The lowest BCUT2D eigenvalue weighted by Crippen LogP contribution is -2.42. The van der Waals surface area contributed by atoms with Crippen LogP contribution in [0, 0.1) is 5.92 Å². The van der Waals surface area contributed by atoms with Crippen LogP contribution in [0.15, 0.2) is 0 Å². The lowest BCUT2D eigenvalue weighted by Gasteiger charge is -2.30. The Bertz CT molecular complexity index is 219. The van der Waals surface area contributed by atoms with Crippen molar-refractivity contribution in [2.75, 3.05) is 34.4 Å². The maximum atomic E-state index is 11.4. The largest absolute Gasteiger partial charge is 0.469 e. The fourth-order valence-electron chi connectivity index (χ4n) is 2.11. The van der Waals surface area contributed by atoms with Gasteiger partial charge in [-0.1, -0.05) is 0 Å². The second-order valence-corrected chi connectivity index (χ2v) is 4.23. The number of carbonyl (C=O) groups excluding carboxylic acids is 1. The van der Waals surface area contributed by atoms with Gasteiger partial charge in [-0.15, -0.1) is 0 Å². The van der Waals surface area contributed by atoms with Crippen LogP contribution in [-0.4, -0.2) is 50.8 Å². The Kier molecular flexibility index (Phi) is 3.50. The highest BCUT2D eigenvalue weighted by Crippen LogP contribution is 2.32. The van der Waals surface area contributed by atoms with Gasteiger partial charge in [0.1, 0.15) is 0 Å². The van der Waals surface area contributed by atoms with Gasteiger partial charge in [-0.2, -0.15) is 0 Å². The van der Waals surface area contributed by atoms with Crippen LogP contribution in [0.2, 0.25) is 0 Å². The molecule has 1 fully saturated rings. The van der Waals surface area contributed by atoms with E-state index in [9.17, 15) is 4.79 Å². The zero-order valence-electron chi connectivity index (χ0n) is 9.37. The Morgan fingerprint density at radius 3 is 2.71 bits per heavy atom. The molecule has 0 saturated carbocycles. The smallest absolute Gasteiger partial charge is 0.310 e. The van der Waals surface area contributed by atoms with E-state index in [-0.39, 0.29) is 17.4 Å². The van der Waals surface area contributed by atoms with Crippen molar-refractivity contribution in [3.63, 3.8) is 0 Å². The van der Waals surface area contributed by atoms with Crippen LogP contribution in [0.3, 0.4) is 0 Å². The molecule has 82 valence electrons. The number of nitrogens with zero attached hydrogens (tertiary/aromatic N) is 1. The molecule has 4 nitrogen and oxygen atoms in total. The van der Waals surface area contributed by atoms with E-state index in [2.05, 4.69) is 11.8 Å². The Morgan fingerprint density at radius 1 is 1.57 bits per heavy atom. The molecule has 14 heavy (non-hydrogen) atoms. The number of rotatable bonds is 3. The molecular weight excluding hydrogens is 182 g/mol. The van der Waals surface area contributed by atoms with Crippen LogP contribution >= 0.6 is 0 Å². The van der Waals surface area contributed by atoms with Crippen LogP contribution < -0.4 is 0 Å². The summed E-state index contributed by atoms with van der Waals surface area (Å²) in [6, 6.07) is 0. The summed E-state index contributed by atoms with van der Waals surface area (Å²) >= 11 is 0. The quantitative estimate of drug-likeness (QED) is 0.624. The SMILES string of the molecule is COC[C@]1(C)C[C@H](C(=O)OC)CN1C. The van der Waals surface area contributed by atoms with E-state index in [0.29, 0.717) is 6.61 Å². The van der Waals surface area contributed by atoms with Crippen molar-refractivity contribution in [1.82, 2.24) is 4.90 Å². The highest BCUT2D eigenvalue weighted by atomic mass is 16.5. The van der Waals surface area contributed by atoms with Crippen molar-refractivity contribution >= 4 is 5.97 Å². The molecule has 0 amide bonds. The molecule has 1 rings (SSSR count). The second-order valence-electron chi connectivity index (χ2n) is 4.23. The minimum absolute atomic E-state index is 0.00912. The summed E-state index contributed by atoms with van der Waals surface area (Å²) < 4.78 is 9.91. The van der Waals surface area contributed by atoms with E-state index in [4.69, 9.17) is 9.47 Å². The van der Waals surface area contributed by atoms with Crippen molar-refractivity contribution in [2.24, 2.45) is 5.92 Å². The van der Waals surface area contributed by atoms with Crippen LogP contribution in [0.1, 0.15) is 13.3 Å². The van der Waals surface area contributed by atoms with Crippen molar-refractivity contribution in [2.45, 2.75) is 18.9 Å². The molecule has 1 heterocycles. The molecule has 1 aliphatic heterocycles. The number of ether oxygens (including phenoxy) is 2. The van der Waals surface area contributed by atoms with Gasteiger partial charge >= 0.3 is 5.97 Å². The summed E-state index contributed by atoms with van der Waals surface area (Å²) in [5, 5.41) is 0. The van der Waals surface area contributed by atoms with Crippen molar-refractivity contribution < 1.29 is 14.3 Å². The summed E-state index contributed by atoms with van der Waals surface area (Å²) in [7, 11) is 5.14. The molecule has 2 atom stereocenters. The summed E-state index contributed by atoms with van der Waals surface area (Å²) in [6.45, 7) is 3.52. The van der Waals surface area contributed by atoms with Crippen molar-refractivity contribution in [1.29, 1.82) is 0 Å². The molecule has 0 radical (unpaired) electrons. The van der Waals surface area contributed by atoms with Crippen LogP contribution in [-0.2, 0) is 14.3 Å². The van der Waals surface area contributed by atoms with E-state index < -0.39 is 0 Å². The lowest BCUT2D eigenvalue weighted by molar-refractivity contribution is -0.145. The maximum absolute atomic E-state index is 11.4. The normalized spacial score (nSPS) is 33.3. The van der Waals surface area contributed by atoms with Gasteiger partial charge in [0.05, 0.1) is 19.6 Å². The standard InChI is InChI=1S/C10H19NO3/c1-10(7-13-3)5-8(6-11(10)2)9(12)14-4/h8H,5-7H2,1-4H3/t8-,10-/m0/s1. The highest BCUT2D eigenvalue weighted by molar-refractivity contribution is 5.73. The van der Waals surface area contributed by atoms with Gasteiger partial charge in [-0.3, -0.25) is 9.69 Å². The van der Waals surface area contributed by atoms with E-state index in [1.807, 2.05) is 7.05 Å². The predicted octanol–water partition coefficient (Wildman–Crippen LogP) is 0.516. The first-order valence-electron chi connectivity index (χ1n) is 4.81. The molecule has 0 aliphatic carbocycles. The molecule has 1 saturated heterocycles. The van der Waals surface area contributed by atoms with Crippen LogP contribution in [0.5, 0.6) is 0 Å².